The molecule has 0 amide bonds. The van der Waals surface area contributed by atoms with Gasteiger partial charge in [0.15, 0.2) is 0 Å². The Morgan fingerprint density at radius 2 is 1.93 bits per heavy atom. The van der Waals surface area contributed by atoms with Crippen molar-refractivity contribution in [2.45, 2.75) is 6.54 Å². The van der Waals surface area contributed by atoms with Crippen LogP contribution in [0.2, 0.25) is 5.02 Å². The first-order chi connectivity index (χ1) is 6.81. The Morgan fingerprint density at radius 3 is 2.57 bits per heavy atom. The second-order valence-corrected chi connectivity index (χ2v) is 3.50. The van der Waals surface area contributed by atoms with E-state index in [4.69, 9.17) is 17.3 Å². The number of nitrogens with zero attached hydrogens (tertiary/aromatic N) is 1. The van der Waals surface area contributed by atoms with Crippen molar-refractivity contribution in [1.29, 1.82) is 0 Å². The molecule has 72 valence electrons. The molecule has 2 nitrogen and oxygen atoms in total. The molecular weight excluding hydrogens is 196 g/mol. The molecule has 2 N–H and O–H groups in total. The summed E-state index contributed by atoms with van der Waals surface area (Å²) in [6.45, 7) is 0.519. The molecule has 0 unspecified atom stereocenters. The van der Waals surface area contributed by atoms with Crippen molar-refractivity contribution in [2.75, 3.05) is 0 Å². The minimum Gasteiger partial charge on any atom is -0.326 e. The summed E-state index contributed by atoms with van der Waals surface area (Å²) < 4.78 is 2.01. The second kappa shape index (κ2) is 3.86. The highest BCUT2D eigenvalue weighted by atomic mass is 35.5. The van der Waals surface area contributed by atoms with Crippen molar-refractivity contribution in [1.82, 2.24) is 4.57 Å². The van der Waals surface area contributed by atoms with E-state index in [1.54, 1.807) is 0 Å². The smallest absolute Gasteiger partial charge is 0.0509 e. The van der Waals surface area contributed by atoms with Crippen molar-refractivity contribution in [3.8, 4) is 5.69 Å². The molecule has 0 bridgehead atoms. The normalized spacial score (nSPS) is 10.4. The van der Waals surface area contributed by atoms with Crippen molar-refractivity contribution < 1.29 is 0 Å². The van der Waals surface area contributed by atoms with Crippen LogP contribution in [0.4, 0.5) is 0 Å². The average molecular weight is 207 g/mol. The zero-order valence-electron chi connectivity index (χ0n) is 7.65. The van der Waals surface area contributed by atoms with Crippen molar-refractivity contribution in [2.24, 2.45) is 5.73 Å². The van der Waals surface area contributed by atoms with Gasteiger partial charge in [-0.3, -0.25) is 0 Å². The molecule has 2 rings (SSSR count). The summed E-state index contributed by atoms with van der Waals surface area (Å²) in [4.78, 5) is 0. The maximum atomic E-state index is 5.94. The second-order valence-electron chi connectivity index (χ2n) is 3.07. The Bertz CT molecular complexity index is 421. The molecule has 1 heterocycles. The maximum Gasteiger partial charge on any atom is 0.0509 e. The number of hydrogen-bond donors (Lipinski definition) is 1. The SMILES string of the molecule is NCc1ccc(Cl)cc1-n1cccc1. The van der Waals surface area contributed by atoms with Gasteiger partial charge in [0.1, 0.15) is 0 Å². The highest BCUT2D eigenvalue weighted by Crippen LogP contribution is 2.19. The molecule has 0 aliphatic heterocycles. The van der Waals surface area contributed by atoms with Gasteiger partial charge in [-0.05, 0) is 29.8 Å². The molecule has 0 atom stereocenters. The van der Waals surface area contributed by atoms with Crippen LogP contribution in [0.3, 0.4) is 0 Å². The first kappa shape index (κ1) is 9.31. The lowest BCUT2D eigenvalue weighted by molar-refractivity contribution is 0.992. The first-order valence-electron chi connectivity index (χ1n) is 4.43. The quantitative estimate of drug-likeness (QED) is 0.805. The fourth-order valence-electron chi connectivity index (χ4n) is 1.45. The highest BCUT2D eigenvalue weighted by Gasteiger charge is 2.02. The highest BCUT2D eigenvalue weighted by molar-refractivity contribution is 6.30. The van der Waals surface area contributed by atoms with Crippen LogP contribution in [0.5, 0.6) is 0 Å². The van der Waals surface area contributed by atoms with E-state index in [9.17, 15) is 0 Å². The maximum absolute atomic E-state index is 5.94. The number of hydrogen-bond acceptors (Lipinski definition) is 1. The Labute approximate surface area is 87.9 Å². The van der Waals surface area contributed by atoms with Crippen molar-refractivity contribution in [3.63, 3.8) is 0 Å². The molecule has 1 aromatic heterocycles. The lowest BCUT2D eigenvalue weighted by Crippen LogP contribution is -2.02. The van der Waals surface area contributed by atoms with Crippen molar-refractivity contribution in [3.05, 3.63) is 53.3 Å². The predicted molar refractivity (Wildman–Crippen MR) is 58.7 cm³/mol. The summed E-state index contributed by atoms with van der Waals surface area (Å²) in [6, 6.07) is 9.68. The minimum absolute atomic E-state index is 0.519. The van der Waals surface area contributed by atoms with Crippen LogP contribution < -0.4 is 5.73 Å². The average Bonchev–Trinajstić information content (AvgIpc) is 2.70. The number of nitrogens with two attached hydrogens (primary N) is 1. The van der Waals surface area contributed by atoms with E-state index in [0.29, 0.717) is 6.54 Å². The van der Waals surface area contributed by atoms with Gasteiger partial charge in [0.25, 0.3) is 0 Å². The van der Waals surface area contributed by atoms with E-state index in [-0.39, 0.29) is 0 Å². The van der Waals surface area contributed by atoms with E-state index >= 15 is 0 Å². The monoisotopic (exact) mass is 206 g/mol. The summed E-state index contributed by atoms with van der Waals surface area (Å²) in [5.74, 6) is 0. The fraction of sp³-hybridized carbons (Fsp3) is 0.0909. The zero-order valence-corrected chi connectivity index (χ0v) is 8.41. The molecule has 0 fully saturated rings. The van der Waals surface area contributed by atoms with Gasteiger partial charge in [0, 0.05) is 24.0 Å². The largest absolute Gasteiger partial charge is 0.326 e. The first-order valence-corrected chi connectivity index (χ1v) is 4.81. The van der Waals surface area contributed by atoms with Gasteiger partial charge >= 0.3 is 0 Å². The molecule has 0 saturated carbocycles. The molecule has 0 aliphatic carbocycles. The molecule has 0 aliphatic rings. The van der Waals surface area contributed by atoms with Gasteiger partial charge in [0.05, 0.1) is 5.69 Å². The summed E-state index contributed by atoms with van der Waals surface area (Å²) in [7, 11) is 0. The molecule has 0 saturated heterocycles. The summed E-state index contributed by atoms with van der Waals surface area (Å²) in [5.41, 5.74) is 7.79. The molecule has 0 spiro atoms. The Morgan fingerprint density at radius 1 is 1.21 bits per heavy atom. The third-order valence-electron chi connectivity index (χ3n) is 2.15. The van der Waals surface area contributed by atoms with E-state index in [0.717, 1.165) is 16.3 Å². The molecule has 14 heavy (non-hydrogen) atoms. The molecule has 0 radical (unpaired) electrons. The lowest BCUT2D eigenvalue weighted by atomic mass is 10.2. The third-order valence-corrected chi connectivity index (χ3v) is 2.38. The summed E-state index contributed by atoms with van der Waals surface area (Å²) >= 11 is 5.94. The standard InChI is InChI=1S/C11H11ClN2/c12-10-4-3-9(8-13)11(7-10)14-5-1-2-6-14/h1-7H,8,13H2. The van der Waals surface area contributed by atoms with Crippen LogP contribution in [0, 0.1) is 0 Å². The Kier molecular flexibility index (Phi) is 2.57. The third kappa shape index (κ3) is 1.67. The van der Waals surface area contributed by atoms with E-state index in [1.807, 2.05) is 47.3 Å². The number of aromatic nitrogens is 1. The topological polar surface area (TPSA) is 30.9 Å². The van der Waals surface area contributed by atoms with Gasteiger partial charge in [-0.15, -0.1) is 0 Å². The molecule has 2 aromatic rings. The summed E-state index contributed by atoms with van der Waals surface area (Å²) in [6.07, 6.45) is 3.95. The molecular formula is C11H11ClN2. The summed E-state index contributed by atoms with van der Waals surface area (Å²) in [5, 5.41) is 0.728. The van der Waals surface area contributed by atoms with Gasteiger partial charge < -0.3 is 10.3 Å². The van der Waals surface area contributed by atoms with Gasteiger partial charge in [-0.1, -0.05) is 17.7 Å². The van der Waals surface area contributed by atoms with E-state index < -0.39 is 0 Å². The van der Waals surface area contributed by atoms with Crippen LogP contribution in [0.25, 0.3) is 5.69 Å². The van der Waals surface area contributed by atoms with Gasteiger partial charge in [-0.2, -0.15) is 0 Å². The van der Waals surface area contributed by atoms with E-state index in [2.05, 4.69) is 0 Å². The van der Waals surface area contributed by atoms with Crippen LogP contribution in [0.15, 0.2) is 42.7 Å². The molecule has 3 heteroatoms. The van der Waals surface area contributed by atoms with E-state index in [1.165, 1.54) is 0 Å². The number of benzene rings is 1. The van der Waals surface area contributed by atoms with Crippen LogP contribution >= 0.6 is 11.6 Å². The minimum atomic E-state index is 0.519. The van der Waals surface area contributed by atoms with Crippen LogP contribution in [-0.2, 0) is 6.54 Å². The lowest BCUT2D eigenvalue weighted by Gasteiger charge is -2.09. The van der Waals surface area contributed by atoms with Crippen LogP contribution in [-0.4, -0.2) is 4.57 Å². The van der Waals surface area contributed by atoms with Gasteiger partial charge in [0.2, 0.25) is 0 Å². The fourth-order valence-corrected chi connectivity index (χ4v) is 1.61. The van der Waals surface area contributed by atoms with Crippen molar-refractivity contribution >= 4 is 11.6 Å². The number of halogens is 1. The Hall–Kier alpha value is -1.25. The zero-order chi connectivity index (χ0) is 9.97. The van der Waals surface area contributed by atoms with Crippen LogP contribution in [0.1, 0.15) is 5.56 Å². The van der Waals surface area contributed by atoms with Gasteiger partial charge in [-0.25, -0.2) is 0 Å². The Balaban J connectivity index is 2.55. The molecule has 1 aromatic carbocycles. The predicted octanol–water partition coefficient (Wildman–Crippen LogP) is 2.59. The number of rotatable bonds is 2.